The zero-order valence-electron chi connectivity index (χ0n) is 14.1. The van der Waals surface area contributed by atoms with Crippen LogP contribution in [0, 0.1) is 0 Å². The number of nitrogens with one attached hydrogen (secondary N) is 2. The van der Waals surface area contributed by atoms with E-state index in [0.717, 1.165) is 32.5 Å². The molecule has 1 aromatic rings. The minimum absolute atomic E-state index is 0.0675. The van der Waals surface area contributed by atoms with Gasteiger partial charge < -0.3 is 9.64 Å². The van der Waals surface area contributed by atoms with Crippen molar-refractivity contribution in [3.63, 3.8) is 0 Å². The van der Waals surface area contributed by atoms with E-state index in [1.54, 1.807) is 36.3 Å². The van der Waals surface area contributed by atoms with E-state index in [0.29, 0.717) is 5.75 Å². The Labute approximate surface area is 134 Å². The number of hydrogen-bond acceptors (Lipinski definition) is 3. The van der Waals surface area contributed by atoms with Gasteiger partial charge in [-0.3, -0.25) is 0 Å². The van der Waals surface area contributed by atoms with Crippen molar-refractivity contribution in [2.24, 2.45) is 0 Å². The van der Waals surface area contributed by atoms with Crippen molar-refractivity contribution in [1.29, 1.82) is 0 Å². The number of rotatable bonds is 10. The lowest BCUT2D eigenvalue weighted by Crippen LogP contribution is -3.11. The van der Waals surface area contributed by atoms with E-state index in [1.807, 2.05) is 6.92 Å². The van der Waals surface area contributed by atoms with Gasteiger partial charge in [-0.1, -0.05) is 0 Å². The number of quaternary nitrogens is 1. The van der Waals surface area contributed by atoms with Crippen molar-refractivity contribution < 1.29 is 18.1 Å². The van der Waals surface area contributed by atoms with E-state index in [-0.39, 0.29) is 10.9 Å². The number of hydrogen-bond donors (Lipinski definition) is 2. The maximum absolute atomic E-state index is 12.3. The summed E-state index contributed by atoms with van der Waals surface area (Å²) >= 11 is 0. The van der Waals surface area contributed by atoms with Crippen LogP contribution in [0.1, 0.15) is 33.6 Å². The highest BCUT2D eigenvalue weighted by atomic mass is 32.2. The Morgan fingerprint density at radius 1 is 1.18 bits per heavy atom. The molecular weight excluding hydrogens is 300 g/mol. The zero-order chi connectivity index (χ0) is 16.6. The van der Waals surface area contributed by atoms with E-state index in [1.165, 1.54) is 0 Å². The van der Waals surface area contributed by atoms with Crippen molar-refractivity contribution in [3.05, 3.63) is 24.3 Å². The van der Waals surface area contributed by atoms with Crippen molar-refractivity contribution in [3.8, 4) is 5.75 Å². The first-order valence-corrected chi connectivity index (χ1v) is 9.41. The van der Waals surface area contributed by atoms with Crippen LogP contribution in [-0.2, 0) is 10.0 Å². The van der Waals surface area contributed by atoms with E-state index in [4.69, 9.17) is 4.74 Å². The van der Waals surface area contributed by atoms with Crippen LogP contribution in [0.4, 0.5) is 0 Å². The van der Waals surface area contributed by atoms with E-state index in [9.17, 15) is 8.42 Å². The molecule has 126 valence electrons. The topological polar surface area (TPSA) is 59.8 Å². The third kappa shape index (κ3) is 5.94. The summed E-state index contributed by atoms with van der Waals surface area (Å²) in [6, 6.07) is 6.37. The fraction of sp³-hybridized carbons (Fsp3) is 0.625. The lowest BCUT2D eigenvalue weighted by molar-refractivity contribution is -0.896. The molecule has 0 amide bonds. The van der Waals surface area contributed by atoms with Gasteiger partial charge >= 0.3 is 0 Å². The summed E-state index contributed by atoms with van der Waals surface area (Å²) in [6.45, 7) is 9.58. The Morgan fingerprint density at radius 3 is 2.27 bits per heavy atom. The Morgan fingerprint density at radius 2 is 1.77 bits per heavy atom. The second-order valence-corrected chi connectivity index (χ2v) is 7.26. The van der Waals surface area contributed by atoms with Gasteiger partial charge in [0.15, 0.2) is 0 Å². The van der Waals surface area contributed by atoms with Crippen LogP contribution in [0.5, 0.6) is 5.75 Å². The summed E-state index contributed by atoms with van der Waals surface area (Å²) < 4.78 is 32.4. The smallest absolute Gasteiger partial charge is 0.240 e. The summed E-state index contributed by atoms with van der Waals surface area (Å²) in [5, 5.41) is 0. The molecular formula is C16H29N2O3S+. The number of benzene rings is 1. The molecule has 2 N–H and O–H groups in total. The van der Waals surface area contributed by atoms with Gasteiger partial charge in [0.2, 0.25) is 10.0 Å². The molecule has 1 atom stereocenters. The van der Waals surface area contributed by atoms with Crippen LogP contribution >= 0.6 is 0 Å². The molecule has 0 aliphatic rings. The third-order valence-electron chi connectivity index (χ3n) is 3.89. The number of sulfonamides is 1. The highest BCUT2D eigenvalue weighted by Crippen LogP contribution is 2.16. The van der Waals surface area contributed by atoms with Gasteiger partial charge in [-0.15, -0.1) is 0 Å². The van der Waals surface area contributed by atoms with Crippen LogP contribution in [-0.4, -0.2) is 41.2 Å². The quantitative estimate of drug-likeness (QED) is 0.675. The highest BCUT2D eigenvalue weighted by Gasteiger charge is 2.17. The highest BCUT2D eigenvalue weighted by molar-refractivity contribution is 7.89. The average Bonchev–Trinajstić information content (AvgIpc) is 2.51. The molecule has 6 heteroatoms. The normalized spacial score (nSPS) is 13.3. The molecule has 1 aromatic carbocycles. The van der Waals surface area contributed by atoms with Gasteiger partial charge in [0, 0.05) is 6.04 Å². The molecule has 0 unspecified atom stereocenters. The molecule has 0 saturated carbocycles. The molecule has 0 heterocycles. The van der Waals surface area contributed by atoms with E-state index >= 15 is 0 Å². The van der Waals surface area contributed by atoms with Crippen LogP contribution in [0.3, 0.4) is 0 Å². The fourth-order valence-electron chi connectivity index (χ4n) is 2.41. The maximum atomic E-state index is 12.3. The molecule has 0 aromatic heterocycles. The molecule has 0 bridgehead atoms. The molecule has 22 heavy (non-hydrogen) atoms. The first-order chi connectivity index (χ1) is 10.4. The van der Waals surface area contributed by atoms with Gasteiger partial charge in [-0.2, -0.15) is 0 Å². The van der Waals surface area contributed by atoms with Crippen LogP contribution in [0.25, 0.3) is 0 Å². The van der Waals surface area contributed by atoms with Crippen LogP contribution in [0.15, 0.2) is 29.2 Å². The van der Waals surface area contributed by atoms with E-state index < -0.39 is 10.0 Å². The molecule has 0 radical (unpaired) electrons. The second-order valence-electron chi connectivity index (χ2n) is 5.55. The summed E-state index contributed by atoms with van der Waals surface area (Å²) in [7, 11) is -1.90. The monoisotopic (exact) mass is 329 g/mol. The largest absolute Gasteiger partial charge is 0.497 e. The molecule has 0 aliphatic heterocycles. The molecule has 0 spiro atoms. The fourth-order valence-corrected chi connectivity index (χ4v) is 3.69. The first kappa shape index (κ1) is 18.9. The number of ether oxygens (including phenoxy) is 1. The Hall–Kier alpha value is -1.11. The van der Waals surface area contributed by atoms with Crippen molar-refractivity contribution in [2.75, 3.05) is 26.7 Å². The van der Waals surface area contributed by atoms with E-state index in [2.05, 4.69) is 18.6 Å². The average molecular weight is 329 g/mol. The van der Waals surface area contributed by atoms with Gasteiger partial charge in [-0.05, 0) is 57.9 Å². The van der Waals surface area contributed by atoms with Gasteiger partial charge in [0.05, 0.1) is 31.6 Å². The van der Waals surface area contributed by atoms with Crippen molar-refractivity contribution in [2.45, 2.75) is 44.6 Å². The SMILES string of the molecule is CC[NH+](CC)CCC[C@H](C)NS(=O)(=O)c1ccc(OC)cc1. The third-order valence-corrected chi connectivity index (χ3v) is 5.50. The maximum Gasteiger partial charge on any atom is 0.240 e. The minimum atomic E-state index is -3.46. The van der Waals surface area contributed by atoms with Crippen LogP contribution < -0.4 is 14.4 Å². The second kappa shape index (κ2) is 9.12. The minimum Gasteiger partial charge on any atom is -0.497 e. The molecule has 1 rings (SSSR count). The van der Waals surface area contributed by atoms with Crippen molar-refractivity contribution in [1.82, 2.24) is 4.72 Å². The molecule has 0 aliphatic carbocycles. The summed E-state index contributed by atoms with van der Waals surface area (Å²) in [5.74, 6) is 0.647. The van der Waals surface area contributed by atoms with Gasteiger partial charge in [0.1, 0.15) is 5.75 Å². The van der Waals surface area contributed by atoms with Gasteiger partial charge in [0.25, 0.3) is 0 Å². The molecule has 0 saturated heterocycles. The lowest BCUT2D eigenvalue weighted by Gasteiger charge is -2.18. The zero-order valence-corrected chi connectivity index (χ0v) is 14.9. The van der Waals surface area contributed by atoms with Crippen LogP contribution in [0.2, 0.25) is 0 Å². The predicted molar refractivity (Wildman–Crippen MR) is 88.9 cm³/mol. The molecule has 5 nitrogen and oxygen atoms in total. The summed E-state index contributed by atoms with van der Waals surface area (Å²) in [5.41, 5.74) is 0. The molecule has 0 fully saturated rings. The summed E-state index contributed by atoms with van der Waals surface area (Å²) in [4.78, 5) is 1.82. The standard InChI is InChI=1S/C16H28N2O3S/c1-5-18(6-2)13-7-8-14(3)17-22(19,20)16-11-9-15(21-4)10-12-16/h9-12,14,17H,5-8,13H2,1-4H3/p+1/t14-/m0/s1. The summed E-state index contributed by atoms with van der Waals surface area (Å²) in [6.07, 6.45) is 1.86. The number of methoxy groups -OCH3 is 1. The predicted octanol–water partition coefficient (Wildman–Crippen LogP) is 1.07. The lowest BCUT2D eigenvalue weighted by atomic mass is 10.2. The Balaban J connectivity index is 2.52. The Kier molecular flexibility index (Phi) is 7.85. The first-order valence-electron chi connectivity index (χ1n) is 7.92. The Bertz CT molecular complexity index is 525. The van der Waals surface area contributed by atoms with Crippen molar-refractivity contribution >= 4 is 10.0 Å². The van der Waals surface area contributed by atoms with Gasteiger partial charge in [-0.25, -0.2) is 13.1 Å².